The van der Waals surface area contributed by atoms with Gasteiger partial charge in [-0.1, -0.05) is 24.3 Å². The number of nitrogens with one attached hydrogen (secondary N) is 1. The molecule has 0 aliphatic rings. The van der Waals surface area contributed by atoms with E-state index in [9.17, 15) is 9.90 Å². The molecule has 0 unspecified atom stereocenters. The van der Waals surface area contributed by atoms with E-state index in [2.05, 4.69) is 5.32 Å². The van der Waals surface area contributed by atoms with Crippen LogP contribution in [-0.4, -0.2) is 11.0 Å². The molecule has 2 rings (SSSR count). The van der Waals surface area contributed by atoms with Gasteiger partial charge in [-0.2, -0.15) is 0 Å². The van der Waals surface area contributed by atoms with Gasteiger partial charge in [-0.25, -0.2) is 0 Å². The summed E-state index contributed by atoms with van der Waals surface area (Å²) in [5.74, 6) is 0.00888. The molecule has 1 aromatic carbocycles. The van der Waals surface area contributed by atoms with Crippen LogP contribution in [0.1, 0.15) is 20.9 Å². The van der Waals surface area contributed by atoms with E-state index in [1.165, 1.54) is 4.88 Å². The van der Waals surface area contributed by atoms with E-state index in [0.717, 1.165) is 16.0 Å². The number of rotatable bonds is 5. The van der Waals surface area contributed by atoms with Gasteiger partial charge in [-0.05, 0) is 30.2 Å². The second-order valence-electron chi connectivity index (χ2n) is 4.39. The van der Waals surface area contributed by atoms with Crippen molar-refractivity contribution in [1.82, 2.24) is 5.32 Å². The largest absolute Gasteiger partial charge is 0.392 e. The Morgan fingerprint density at radius 3 is 2.58 bits per heavy atom. The highest BCUT2D eigenvalue weighted by Crippen LogP contribution is 2.15. The van der Waals surface area contributed by atoms with E-state index in [-0.39, 0.29) is 12.5 Å². The Morgan fingerprint density at radius 1 is 1.21 bits per heavy atom. The molecule has 4 heteroatoms. The SMILES string of the molecule is Cc1ccc(CC(=O)NCc2ccccc2CO)s1. The lowest BCUT2D eigenvalue weighted by molar-refractivity contribution is -0.120. The normalized spacial score (nSPS) is 10.4. The molecule has 1 aromatic heterocycles. The van der Waals surface area contributed by atoms with E-state index in [1.54, 1.807) is 11.3 Å². The Labute approximate surface area is 116 Å². The van der Waals surface area contributed by atoms with Gasteiger partial charge in [0, 0.05) is 16.3 Å². The van der Waals surface area contributed by atoms with Crippen LogP contribution in [-0.2, 0) is 24.4 Å². The van der Waals surface area contributed by atoms with Crippen molar-refractivity contribution < 1.29 is 9.90 Å². The van der Waals surface area contributed by atoms with Crippen LogP contribution in [0.2, 0.25) is 0 Å². The molecule has 1 amide bonds. The van der Waals surface area contributed by atoms with Crippen LogP contribution in [0.3, 0.4) is 0 Å². The Balaban J connectivity index is 1.89. The summed E-state index contributed by atoms with van der Waals surface area (Å²) in [5, 5.41) is 12.1. The van der Waals surface area contributed by atoms with Crippen molar-refractivity contribution in [3.05, 3.63) is 57.3 Å². The Bertz CT molecular complexity index is 563. The number of aliphatic hydroxyl groups excluding tert-OH is 1. The van der Waals surface area contributed by atoms with E-state index in [4.69, 9.17) is 0 Å². The Kier molecular flexibility index (Phi) is 4.71. The van der Waals surface area contributed by atoms with Crippen molar-refractivity contribution in [1.29, 1.82) is 0 Å². The van der Waals surface area contributed by atoms with E-state index >= 15 is 0 Å². The first-order valence-electron chi connectivity index (χ1n) is 6.18. The molecular formula is C15H17NO2S. The van der Waals surface area contributed by atoms with E-state index < -0.39 is 0 Å². The average molecular weight is 275 g/mol. The van der Waals surface area contributed by atoms with Gasteiger partial charge < -0.3 is 10.4 Å². The minimum absolute atomic E-state index is 0.00381. The van der Waals surface area contributed by atoms with Crippen LogP contribution in [0.25, 0.3) is 0 Å². The standard InChI is InChI=1S/C15H17NO2S/c1-11-6-7-14(19-11)8-15(18)16-9-12-4-2-3-5-13(12)10-17/h2-7,17H,8-10H2,1H3,(H,16,18). The summed E-state index contributed by atoms with van der Waals surface area (Å²) in [5.41, 5.74) is 1.82. The van der Waals surface area contributed by atoms with Crippen molar-refractivity contribution in [2.24, 2.45) is 0 Å². The lowest BCUT2D eigenvalue weighted by Gasteiger charge is -2.08. The molecule has 0 aliphatic carbocycles. The first-order chi connectivity index (χ1) is 9.19. The maximum absolute atomic E-state index is 11.8. The number of carbonyl (C=O) groups excluding carboxylic acids is 1. The fourth-order valence-electron chi connectivity index (χ4n) is 1.88. The molecule has 0 atom stereocenters. The molecule has 2 N–H and O–H groups in total. The molecule has 0 fully saturated rings. The monoisotopic (exact) mass is 275 g/mol. The molecule has 0 spiro atoms. The van der Waals surface area contributed by atoms with Gasteiger partial charge in [0.15, 0.2) is 0 Å². The summed E-state index contributed by atoms with van der Waals surface area (Å²) in [6.45, 7) is 2.49. The number of thiophene rings is 1. The lowest BCUT2D eigenvalue weighted by Crippen LogP contribution is -2.24. The molecule has 0 saturated carbocycles. The number of aliphatic hydroxyl groups is 1. The van der Waals surface area contributed by atoms with Gasteiger partial charge in [-0.15, -0.1) is 11.3 Å². The Hall–Kier alpha value is -1.65. The predicted octanol–water partition coefficient (Wildman–Crippen LogP) is 2.41. The summed E-state index contributed by atoms with van der Waals surface area (Å²) in [6, 6.07) is 11.6. The zero-order valence-electron chi connectivity index (χ0n) is 10.8. The molecule has 2 aromatic rings. The van der Waals surface area contributed by atoms with Crippen LogP contribution in [0, 0.1) is 6.92 Å². The highest BCUT2D eigenvalue weighted by molar-refractivity contribution is 7.12. The average Bonchev–Trinajstić information content (AvgIpc) is 2.82. The second-order valence-corrected chi connectivity index (χ2v) is 5.77. The number of hydrogen-bond acceptors (Lipinski definition) is 3. The summed E-state index contributed by atoms with van der Waals surface area (Å²) in [4.78, 5) is 14.1. The fraction of sp³-hybridized carbons (Fsp3) is 0.267. The predicted molar refractivity (Wildman–Crippen MR) is 77.0 cm³/mol. The lowest BCUT2D eigenvalue weighted by atomic mass is 10.1. The summed E-state index contributed by atoms with van der Waals surface area (Å²) < 4.78 is 0. The molecule has 0 aliphatic heterocycles. The van der Waals surface area contributed by atoms with Gasteiger partial charge >= 0.3 is 0 Å². The highest BCUT2D eigenvalue weighted by atomic mass is 32.1. The van der Waals surface area contributed by atoms with Gasteiger partial charge in [0.1, 0.15) is 0 Å². The molecule has 0 radical (unpaired) electrons. The number of benzene rings is 1. The maximum atomic E-state index is 11.8. The summed E-state index contributed by atoms with van der Waals surface area (Å²) in [7, 11) is 0. The van der Waals surface area contributed by atoms with Crippen LogP contribution >= 0.6 is 11.3 Å². The van der Waals surface area contributed by atoms with Crippen molar-refractivity contribution >= 4 is 17.2 Å². The van der Waals surface area contributed by atoms with E-state index in [1.807, 2.05) is 43.3 Å². The van der Waals surface area contributed by atoms with Crippen molar-refractivity contribution in [2.45, 2.75) is 26.5 Å². The van der Waals surface area contributed by atoms with Crippen LogP contribution in [0.5, 0.6) is 0 Å². The van der Waals surface area contributed by atoms with Gasteiger partial charge in [0.2, 0.25) is 5.91 Å². The highest BCUT2D eigenvalue weighted by Gasteiger charge is 2.06. The first-order valence-corrected chi connectivity index (χ1v) is 7.00. The van der Waals surface area contributed by atoms with Crippen molar-refractivity contribution in [3.8, 4) is 0 Å². The topological polar surface area (TPSA) is 49.3 Å². The van der Waals surface area contributed by atoms with Gasteiger partial charge in [-0.3, -0.25) is 4.79 Å². The number of hydrogen-bond donors (Lipinski definition) is 2. The number of carbonyl (C=O) groups is 1. The van der Waals surface area contributed by atoms with Crippen LogP contribution < -0.4 is 5.32 Å². The summed E-state index contributed by atoms with van der Waals surface area (Å²) in [6.07, 6.45) is 0.416. The molecule has 1 heterocycles. The van der Waals surface area contributed by atoms with Crippen molar-refractivity contribution in [3.63, 3.8) is 0 Å². The van der Waals surface area contributed by atoms with E-state index in [0.29, 0.717) is 13.0 Å². The molecule has 3 nitrogen and oxygen atoms in total. The third-order valence-electron chi connectivity index (χ3n) is 2.90. The van der Waals surface area contributed by atoms with Crippen molar-refractivity contribution in [2.75, 3.05) is 0 Å². The van der Waals surface area contributed by atoms with Gasteiger partial charge in [0.05, 0.1) is 13.0 Å². The van der Waals surface area contributed by atoms with Gasteiger partial charge in [0.25, 0.3) is 0 Å². The minimum atomic E-state index is -0.00381. The molecule has 0 bridgehead atoms. The molecular weight excluding hydrogens is 258 g/mol. The maximum Gasteiger partial charge on any atom is 0.225 e. The number of amides is 1. The Morgan fingerprint density at radius 2 is 1.95 bits per heavy atom. The third kappa shape index (κ3) is 3.91. The van der Waals surface area contributed by atoms with Crippen LogP contribution in [0.15, 0.2) is 36.4 Å². The molecule has 100 valence electrons. The van der Waals surface area contributed by atoms with Crippen LogP contribution in [0.4, 0.5) is 0 Å². The molecule has 0 saturated heterocycles. The summed E-state index contributed by atoms with van der Waals surface area (Å²) >= 11 is 1.64. The first kappa shape index (κ1) is 13.8. The quantitative estimate of drug-likeness (QED) is 0.880. The molecule has 19 heavy (non-hydrogen) atoms. The zero-order chi connectivity index (χ0) is 13.7. The second kappa shape index (κ2) is 6.50. The third-order valence-corrected chi connectivity index (χ3v) is 3.90. The number of aryl methyl sites for hydroxylation is 1. The smallest absolute Gasteiger partial charge is 0.225 e. The zero-order valence-corrected chi connectivity index (χ0v) is 11.7. The minimum Gasteiger partial charge on any atom is -0.392 e. The fourth-order valence-corrected chi connectivity index (χ4v) is 2.77.